The number of benzene rings is 1. The molecule has 5 heteroatoms. The zero-order valence-electron chi connectivity index (χ0n) is 12.0. The van der Waals surface area contributed by atoms with E-state index in [4.69, 9.17) is 15.2 Å². The number of aromatic nitrogens is 2. The summed E-state index contributed by atoms with van der Waals surface area (Å²) in [5.41, 5.74) is 8.17. The first-order valence-corrected chi connectivity index (χ1v) is 7.03. The number of H-pyrrole nitrogens is 1. The van der Waals surface area contributed by atoms with E-state index in [1.165, 1.54) is 12.8 Å². The molecule has 1 heterocycles. The summed E-state index contributed by atoms with van der Waals surface area (Å²) >= 11 is 0. The lowest BCUT2D eigenvalue weighted by Gasteiger charge is -2.21. The fourth-order valence-corrected chi connectivity index (χ4v) is 3.06. The Labute approximate surface area is 118 Å². The maximum Gasteiger partial charge on any atom is 0.163 e. The highest BCUT2D eigenvalue weighted by Gasteiger charge is 2.30. The minimum atomic E-state index is -0.0952. The zero-order valence-corrected chi connectivity index (χ0v) is 12.0. The molecule has 20 heavy (non-hydrogen) atoms. The van der Waals surface area contributed by atoms with Gasteiger partial charge in [-0.3, -0.25) is 0 Å². The zero-order chi connectivity index (χ0) is 14.2. The molecule has 0 spiro atoms. The van der Waals surface area contributed by atoms with Crippen LogP contribution in [0.1, 0.15) is 31.5 Å². The molecular weight excluding hydrogens is 254 g/mol. The van der Waals surface area contributed by atoms with Gasteiger partial charge in [-0.15, -0.1) is 0 Å². The number of fused-ring (bicyclic) bond motifs is 1. The lowest BCUT2D eigenvalue weighted by atomic mass is 9.94. The van der Waals surface area contributed by atoms with Crippen molar-refractivity contribution in [1.82, 2.24) is 9.97 Å². The average Bonchev–Trinajstić information content (AvgIpc) is 3.02. The number of ether oxygens (including phenoxy) is 2. The topological polar surface area (TPSA) is 73.2 Å². The number of imidazole rings is 1. The number of hydrogen-bond acceptors (Lipinski definition) is 4. The molecule has 0 radical (unpaired) electrons. The highest BCUT2D eigenvalue weighted by Crippen LogP contribution is 2.33. The number of methoxy groups -OCH3 is 2. The molecule has 1 fully saturated rings. The van der Waals surface area contributed by atoms with E-state index in [1.807, 2.05) is 12.1 Å². The minimum absolute atomic E-state index is 0.0952. The summed E-state index contributed by atoms with van der Waals surface area (Å²) in [7, 11) is 3.26. The second-order valence-electron chi connectivity index (χ2n) is 5.65. The van der Waals surface area contributed by atoms with E-state index in [2.05, 4.69) is 9.97 Å². The third kappa shape index (κ3) is 2.33. The van der Waals surface area contributed by atoms with Gasteiger partial charge in [0, 0.05) is 24.1 Å². The van der Waals surface area contributed by atoms with Crippen LogP contribution in [0.3, 0.4) is 0 Å². The van der Waals surface area contributed by atoms with E-state index in [-0.39, 0.29) is 5.54 Å². The van der Waals surface area contributed by atoms with Gasteiger partial charge in [0.2, 0.25) is 0 Å². The smallest absolute Gasteiger partial charge is 0.163 e. The highest BCUT2D eigenvalue weighted by atomic mass is 16.5. The van der Waals surface area contributed by atoms with Crippen LogP contribution < -0.4 is 15.2 Å². The Balaban J connectivity index is 1.94. The van der Waals surface area contributed by atoms with Crippen molar-refractivity contribution in [3.05, 3.63) is 18.0 Å². The van der Waals surface area contributed by atoms with Crippen LogP contribution in [0.2, 0.25) is 0 Å². The Bertz CT molecular complexity index is 574. The second kappa shape index (κ2) is 4.98. The van der Waals surface area contributed by atoms with Crippen LogP contribution in [0.5, 0.6) is 11.5 Å². The molecule has 3 rings (SSSR count). The molecule has 3 N–H and O–H groups in total. The molecule has 5 nitrogen and oxygen atoms in total. The van der Waals surface area contributed by atoms with E-state index >= 15 is 0 Å². The van der Waals surface area contributed by atoms with Crippen LogP contribution in [-0.2, 0) is 6.42 Å². The SMILES string of the molecule is COc1cc2nc(CC3(N)CCCC3)[nH]c2cc1OC. The Morgan fingerprint density at radius 1 is 1.20 bits per heavy atom. The molecule has 0 bridgehead atoms. The molecule has 108 valence electrons. The van der Waals surface area contributed by atoms with E-state index in [0.29, 0.717) is 11.5 Å². The Morgan fingerprint density at radius 3 is 2.50 bits per heavy atom. The normalized spacial score (nSPS) is 17.6. The molecule has 0 aliphatic heterocycles. The van der Waals surface area contributed by atoms with Crippen molar-refractivity contribution in [2.45, 2.75) is 37.6 Å². The van der Waals surface area contributed by atoms with Crippen molar-refractivity contribution in [2.24, 2.45) is 5.73 Å². The number of rotatable bonds is 4. The van der Waals surface area contributed by atoms with Crippen molar-refractivity contribution in [1.29, 1.82) is 0 Å². The quantitative estimate of drug-likeness (QED) is 0.898. The number of nitrogens with zero attached hydrogens (tertiary/aromatic N) is 1. The molecule has 1 aliphatic carbocycles. The van der Waals surface area contributed by atoms with Crippen molar-refractivity contribution in [3.8, 4) is 11.5 Å². The molecule has 1 aromatic heterocycles. The fourth-order valence-electron chi connectivity index (χ4n) is 3.06. The van der Waals surface area contributed by atoms with Gasteiger partial charge in [-0.1, -0.05) is 12.8 Å². The lowest BCUT2D eigenvalue weighted by Crippen LogP contribution is -2.39. The van der Waals surface area contributed by atoms with Crippen molar-refractivity contribution < 1.29 is 9.47 Å². The van der Waals surface area contributed by atoms with Gasteiger partial charge in [0.25, 0.3) is 0 Å². The van der Waals surface area contributed by atoms with Crippen LogP contribution in [0.25, 0.3) is 11.0 Å². The molecule has 0 unspecified atom stereocenters. The van der Waals surface area contributed by atoms with Crippen LogP contribution in [0.4, 0.5) is 0 Å². The third-order valence-corrected chi connectivity index (χ3v) is 4.16. The molecule has 2 aromatic rings. The summed E-state index contributed by atoms with van der Waals surface area (Å²) in [6.07, 6.45) is 5.40. The van der Waals surface area contributed by atoms with Crippen molar-refractivity contribution in [3.63, 3.8) is 0 Å². The van der Waals surface area contributed by atoms with Crippen molar-refractivity contribution >= 4 is 11.0 Å². The van der Waals surface area contributed by atoms with Crippen LogP contribution >= 0.6 is 0 Å². The summed E-state index contributed by atoms with van der Waals surface area (Å²) in [5, 5.41) is 0. The largest absolute Gasteiger partial charge is 0.493 e. The van der Waals surface area contributed by atoms with Gasteiger partial charge >= 0.3 is 0 Å². The van der Waals surface area contributed by atoms with Gasteiger partial charge in [0.15, 0.2) is 11.5 Å². The molecule has 1 saturated carbocycles. The van der Waals surface area contributed by atoms with Gasteiger partial charge in [-0.25, -0.2) is 4.98 Å². The van der Waals surface area contributed by atoms with Gasteiger partial charge in [0.1, 0.15) is 5.82 Å². The van der Waals surface area contributed by atoms with Gasteiger partial charge in [-0.2, -0.15) is 0 Å². The van der Waals surface area contributed by atoms with Gasteiger partial charge in [-0.05, 0) is 12.8 Å². The van der Waals surface area contributed by atoms with Gasteiger partial charge < -0.3 is 20.2 Å². The van der Waals surface area contributed by atoms with E-state index < -0.39 is 0 Å². The number of nitrogens with two attached hydrogens (primary N) is 1. The first kappa shape index (κ1) is 13.2. The summed E-state index contributed by atoms with van der Waals surface area (Å²) in [4.78, 5) is 7.98. The maximum atomic E-state index is 6.42. The maximum absolute atomic E-state index is 6.42. The fraction of sp³-hybridized carbons (Fsp3) is 0.533. The standard InChI is InChI=1S/C15H21N3O2/c1-19-12-7-10-11(8-13(12)20-2)18-14(17-10)9-15(16)5-3-4-6-15/h7-8H,3-6,9,16H2,1-2H3,(H,17,18). The van der Waals surface area contributed by atoms with Crippen LogP contribution in [-0.4, -0.2) is 29.7 Å². The first-order valence-electron chi connectivity index (χ1n) is 7.03. The van der Waals surface area contributed by atoms with Crippen LogP contribution in [0.15, 0.2) is 12.1 Å². The highest BCUT2D eigenvalue weighted by molar-refractivity contribution is 5.79. The molecule has 1 aromatic carbocycles. The summed E-state index contributed by atoms with van der Waals surface area (Å²) < 4.78 is 10.6. The Hall–Kier alpha value is -1.75. The van der Waals surface area contributed by atoms with E-state index in [1.54, 1.807) is 14.2 Å². The number of nitrogens with one attached hydrogen (secondary N) is 1. The predicted octanol–water partition coefficient (Wildman–Crippen LogP) is 2.39. The van der Waals surface area contributed by atoms with Crippen LogP contribution in [0, 0.1) is 0 Å². The molecule has 0 saturated heterocycles. The summed E-state index contributed by atoms with van der Waals surface area (Å²) in [6.45, 7) is 0. The lowest BCUT2D eigenvalue weighted by molar-refractivity contribution is 0.356. The number of hydrogen-bond donors (Lipinski definition) is 2. The monoisotopic (exact) mass is 275 g/mol. The minimum Gasteiger partial charge on any atom is -0.493 e. The molecule has 1 aliphatic rings. The summed E-state index contributed by atoms with van der Waals surface area (Å²) in [6, 6.07) is 3.81. The average molecular weight is 275 g/mol. The third-order valence-electron chi connectivity index (χ3n) is 4.16. The molecular formula is C15H21N3O2. The summed E-state index contributed by atoms with van der Waals surface area (Å²) in [5.74, 6) is 2.35. The molecule has 0 amide bonds. The van der Waals surface area contributed by atoms with E-state index in [0.717, 1.165) is 36.1 Å². The van der Waals surface area contributed by atoms with E-state index in [9.17, 15) is 0 Å². The Morgan fingerprint density at radius 2 is 1.85 bits per heavy atom. The van der Waals surface area contributed by atoms with Crippen molar-refractivity contribution in [2.75, 3.05) is 14.2 Å². The number of aromatic amines is 1. The Kier molecular flexibility index (Phi) is 3.30. The first-order chi connectivity index (χ1) is 9.63. The predicted molar refractivity (Wildman–Crippen MR) is 78.3 cm³/mol. The second-order valence-corrected chi connectivity index (χ2v) is 5.65. The molecule has 0 atom stereocenters. The van der Waals surface area contributed by atoms with Gasteiger partial charge in [0.05, 0.1) is 25.3 Å².